The van der Waals surface area contributed by atoms with Gasteiger partial charge in [0.25, 0.3) is 0 Å². The van der Waals surface area contributed by atoms with Crippen molar-refractivity contribution in [3.05, 3.63) is 59.7 Å². The van der Waals surface area contributed by atoms with Crippen molar-refractivity contribution in [1.82, 2.24) is 10.2 Å². The standard InChI is InChI=1S/C20H23N5O.HI/c1-22-20(23-15-17-6-4-5-16(13-17)14-21)25-11-9-24(10-12-25)18-7-2-3-8-19(18)26;/h2-8,13,26H,9-12,15H2,1H3,(H,22,23);1H. The predicted molar refractivity (Wildman–Crippen MR) is 119 cm³/mol. The lowest BCUT2D eigenvalue weighted by Crippen LogP contribution is -2.52. The quantitative estimate of drug-likeness (QED) is 0.404. The second kappa shape index (κ2) is 10.0. The predicted octanol–water partition coefficient (Wildman–Crippen LogP) is 2.78. The van der Waals surface area contributed by atoms with Crippen LogP contribution in [0.15, 0.2) is 53.5 Å². The van der Waals surface area contributed by atoms with Crippen molar-refractivity contribution in [1.29, 1.82) is 5.26 Å². The van der Waals surface area contributed by atoms with Crippen LogP contribution in [0.3, 0.4) is 0 Å². The van der Waals surface area contributed by atoms with Crippen molar-refractivity contribution in [3.63, 3.8) is 0 Å². The first-order valence-electron chi connectivity index (χ1n) is 8.69. The van der Waals surface area contributed by atoms with Gasteiger partial charge in [0.15, 0.2) is 5.96 Å². The van der Waals surface area contributed by atoms with Gasteiger partial charge < -0.3 is 20.2 Å². The number of nitrogens with one attached hydrogen (secondary N) is 1. The number of hydrogen-bond acceptors (Lipinski definition) is 4. The smallest absolute Gasteiger partial charge is 0.194 e. The number of phenols is 1. The van der Waals surface area contributed by atoms with E-state index in [-0.39, 0.29) is 24.0 Å². The molecule has 27 heavy (non-hydrogen) atoms. The van der Waals surface area contributed by atoms with Crippen molar-refractivity contribution in [2.75, 3.05) is 38.1 Å². The van der Waals surface area contributed by atoms with E-state index in [1.54, 1.807) is 19.2 Å². The highest BCUT2D eigenvalue weighted by Crippen LogP contribution is 2.27. The Kier molecular flexibility index (Phi) is 7.73. The van der Waals surface area contributed by atoms with E-state index in [4.69, 9.17) is 5.26 Å². The molecule has 0 spiro atoms. The first-order valence-corrected chi connectivity index (χ1v) is 8.69. The van der Waals surface area contributed by atoms with Gasteiger partial charge in [0.1, 0.15) is 5.75 Å². The van der Waals surface area contributed by atoms with Crippen LogP contribution in [0.2, 0.25) is 0 Å². The second-order valence-corrected chi connectivity index (χ2v) is 6.18. The van der Waals surface area contributed by atoms with Gasteiger partial charge >= 0.3 is 0 Å². The maximum Gasteiger partial charge on any atom is 0.194 e. The van der Waals surface area contributed by atoms with Crippen LogP contribution in [0.1, 0.15) is 11.1 Å². The van der Waals surface area contributed by atoms with Crippen LogP contribution in [0, 0.1) is 11.3 Å². The molecule has 142 valence electrons. The molecule has 0 bridgehead atoms. The van der Waals surface area contributed by atoms with E-state index in [0.717, 1.165) is 43.4 Å². The van der Waals surface area contributed by atoms with Gasteiger partial charge in [-0.05, 0) is 29.8 Å². The summed E-state index contributed by atoms with van der Waals surface area (Å²) in [7, 11) is 1.78. The number of aromatic hydroxyl groups is 1. The number of anilines is 1. The fourth-order valence-electron chi connectivity index (χ4n) is 3.15. The number of halogens is 1. The molecule has 1 saturated heterocycles. The van der Waals surface area contributed by atoms with Crippen LogP contribution in [0.4, 0.5) is 5.69 Å². The highest BCUT2D eigenvalue weighted by Gasteiger charge is 2.21. The largest absolute Gasteiger partial charge is 0.506 e. The van der Waals surface area contributed by atoms with Crippen LogP contribution in [-0.2, 0) is 6.54 Å². The number of para-hydroxylation sites is 2. The molecule has 0 radical (unpaired) electrons. The first kappa shape index (κ1) is 20.8. The Morgan fingerprint density at radius 1 is 1.15 bits per heavy atom. The first-order chi connectivity index (χ1) is 12.7. The Morgan fingerprint density at radius 3 is 2.56 bits per heavy atom. The summed E-state index contributed by atoms with van der Waals surface area (Å²) in [6.45, 7) is 3.92. The molecule has 2 N–H and O–H groups in total. The molecule has 0 saturated carbocycles. The molecule has 3 rings (SSSR count). The fraction of sp³-hybridized carbons (Fsp3) is 0.300. The number of piperazine rings is 1. The van der Waals surface area contributed by atoms with Crippen molar-refractivity contribution < 1.29 is 5.11 Å². The summed E-state index contributed by atoms with van der Waals surface area (Å²) in [6, 6.07) is 17.2. The third-order valence-electron chi connectivity index (χ3n) is 4.52. The Hall–Kier alpha value is -2.47. The van der Waals surface area contributed by atoms with Crippen molar-refractivity contribution in [2.24, 2.45) is 4.99 Å². The zero-order valence-corrected chi connectivity index (χ0v) is 17.6. The van der Waals surface area contributed by atoms with E-state index in [0.29, 0.717) is 17.9 Å². The SMILES string of the molecule is CN=C(NCc1cccc(C#N)c1)N1CCN(c2ccccc2O)CC1.I. The van der Waals surface area contributed by atoms with Crippen molar-refractivity contribution >= 4 is 35.6 Å². The fourth-order valence-corrected chi connectivity index (χ4v) is 3.15. The van der Waals surface area contributed by atoms with E-state index >= 15 is 0 Å². The van der Waals surface area contributed by atoms with Crippen LogP contribution >= 0.6 is 24.0 Å². The van der Waals surface area contributed by atoms with Crippen LogP contribution in [0.5, 0.6) is 5.75 Å². The minimum atomic E-state index is 0. The highest BCUT2D eigenvalue weighted by molar-refractivity contribution is 14.0. The Morgan fingerprint density at radius 2 is 1.89 bits per heavy atom. The summed E-state index contributed by atoms with van der Waals surface area (Å²) in [6.07, 6.45) is 0. The molecular weight excluding hydrogens is 453 g/mol. The molecule has 0 atom stereocenters. The molecule has 0 unspecified atom stereocenters. The van der Waals surface area contributed by atoms with Gasteiger partial charge in [-0.3, -0.25) is 4.99 Å². The molecular formula is C20H24IN5O. The Labute approximate surface area is 177 Å². The lowest BCUT2D eigenvalue weighted by molar-refractivity contribution is 0.369. The summed E-state index contributed by atoms with van der Waals surface area (Å²) >= 11 is 0. The van der Waals surface area contributed by atoms with Crippen LogP contribution in [-0.4, -0.2) is 49.2 Å². The molecule has 6 nitrogen and oxygen atoms in total. The van der Waals surface area contributed by atoms with Crippen LogP contribution in [0.25, 0.3) is 0 Å². The molecule has 0 amide bonds. The zero-order valence-electron chi connectivity index (χ0n) is 15.3. The monoisotopic (exact) mass is 477 g/mol. The highest BCUT2D eigenvalue weighted by atomic mass is 127. The van der Waals surface area contributed by atoms with Gasteiger partial charge in [-0.25, -0.2) is 0 Å². The average Bonchev–Trinajstić information content (AvgIpc) is 2.69. The minimum Gasteiger partial charge on any atom is -0.506 e. The summed E-state index contributed by atoms with van der Waals surface area (Å²) in [5, 5.41) is 22.4. The van der Waals surface area contributed by atoms with Gasteiger partial charge in [-0.1, -0.05) is 24.3 Å². The maximum absolute atomic E-state index is 10.0. The van der Waals surface area contributed by atoms with E-state index in [9.17, 15) is 5.11 Å². The van der Waals surface area contributed by atoms with Gasteiger partial charge in [0, 0.05) is 39.8 Å². The molecule has 0 aromatic heterocycles. The topological polar surface area (TPSA) is 74.9 Å². The number of nitrogens with zero attached hydrogens (tertiary/aromatic N) is 4. The number of aliphatic imine (C=N–C) groups is 1. The Balaban J connectivity index is 0.00000261. The van der Waals surface area contributed by atoms with Crippen LogP contribution < -0.4 is 10.2 Å². The number of benzene rings is 2. The number of guanidine groups is 1. The minimum absolute atomic E-state index is 0. The Bertz CT molecular complexity index is 825. The molecule has 2 aromatic rings. The summed E-state index contributed by atoms with van der Waals surface area (Å²) in [4.78, 5) is 8.79. The second-order valence-electron chi connectivity index (χ2n) is 6.18. The van der Waals surface area contributed by atoms with E-state index in [2.05, 4.69) is 26.2 Å². The van der Waals surface area contributed by atoms with E-state index < -0.39 is 0 Å². The lowest BCUT2D eigenvalue weighted by atomic mass is 10.1. The average molecular weight is 477 g/mol. The number of rotatable bonds is 3. The third kappa shape index (κ3) is 5.26. The zero-order chi connectivity index (χ0) is 18.4. The van der Waals surface area contributed by atoms with Crippen molar-refractivity contribution in [3.8, 4) is 11.8 Å². The summed E-state index contributed by atoms with van der Waals surface area (Å²) < 4.78 is 0. The molecule has 1 aliphatic rings. The summed E-state index contributed by atoms with van der Waals surface area (Å²) in [5.41, 5.74) is 2.59. The number of nitriles is 1. The lowest BCUT2D eigenvalue weighted by Gasteiger charge is -2.37. The van der Waals surface area contributed by atoms with Gasteiger partial charge in [-0.15, -0.1) is 24.0 Å². The molecule has 0 aliphatic carbocycles. The molecule has 1 heterocycles. The molecule has 1 aliphatic heterocycles. The van der Waals surface area contributed by atoms with E-state index in [1.165, 1.54) is 0 Å². The summed E-state index contributed by atoms with van der Waals surface area (Å²) in [5.74, 6) is 1.17. The van der Waals surface area contributed by atoms with Gasteiger partial charge in [-0.2, -0.15) is 5.26 Å². The number of phenolic OH excluding ortho intramolecular Hbond substituents is 1. The molecule has 2 aromatic carbocycles. The van der Waals surface area contributed by atoms with Crippen molar-refractivity contribution in [2.45, 2.75) is 6.54 Å². The number of hydrogen-bond donors (Lipinski definition) is 2. The molecule has 1 fully saturated rings. The normalized spacial score (nSPS) is 14.3. The van der Waals surface area contributed by atoms with E-state index in [1.807, 2.05) is 36.4 Å². The van der Waals surface area contributed by atoms with Gasteiger partial charge in [0.05, 0.1) is 17.3 Å². The molecule has 7 heteroatoms. The third-order valence-corrected chi connectivity index (χ3v) is 4.52. The van der Waals surface area contributed by atoms with Gasteiger partial charge in [0.2, 0.25) is 0 Å². The maximum atomic E-state index is 10.0.